The Morgan fingerprint density at radius 3 is 2.64 bits per heavy atom. The van der Waals surface area contributed by atoms with E-state index in [2.05, 4.69) is 47.6 Å². The fourth-order valence-electron chi connectivity index (χ4n) is 2.81. The van der Waals surface area contributed by atoms with E-state index in [0.717, 1.165) is 37.0 Å². The monoisotopic (exact) mass is 365 g/mol. The molecule has 3 N–H and O–H groups in total. The van der Waals surface area contributed by atoms with Gasteiger partial charge in [-0.1, -0.05) is 6.07 Å². The summed E-state index contributed by atoms with van der Waals surface area (Å²) < 4.78 is 4.94. The van der Waals surface area contributed by atoms with E-state index in [0.29, 0.717) is 19.7 Å². The van der Waals surface area contributed by atoms with Crippen molar-refractivity contribution in [2.45, 2.75) is 13.8 Å². The van der Waals surface area contributed by atoms with Gasteiger partial charge >= 0.3 is 0 Å². The second-order valence-electron chi connectivity index (χ2n) is 6.49. The Labute approximate surface area is 155 Å². The van der Waals surface area contributed by atoms with E-state index in [1.54, 1.807) is 7.11 Å². The Morgan fingerprint density at radius 2 is 2.00 bits per heavy atom. The summed E-state index contributed by atoms with van der Waals surface area (Å²) in [7, 11) is 1.63. The first-order chi connectivity index (χ1) is 12.0. The standard InChI is InChI=1S/C18H28N4O2S/c1-14-4-5-16(12-15(14)2)20-18(25)22-9-7-21(8-10-22)13-17(23)19-6-11-24-3/h4-5,12H,6-11,13H2,1-3H3,(H,19,23)(H,20,25)/p+1. The number of ether oxygens (including phenoxy) is 1. The lowest BCUT2D eigenvalue weighted by molar-refractivity contribution is -0.895. The Bertz CT molecular complexity index is 601. The number of amides is 1. The number of benzene rings is 1. The molecule has 6 nitrogen and oxygen atoms in total. The minimum atomic E-state index is 0.0799. The Balaban J connectivity index is 1.74. The molecule has 1 fully saturated rings. The molecule has 1 aliphatic rings. The van der Waals surface area contributed by atoms with E-state index in [-0.39, 0.29) is 5.91 Å². The van der Waals surface area contributed by atoms with Gasteiger partial charge in [-0.05, 0) is 49.3 Å². The van der Waals surface area contributed by atoms with Gasteiger partial charge in [-0.25, -0.2) is 0 Å². The summed E-state index contributed by atoms with van der Waals surface area (Å²) in [5, 5.41) is 6.95. The molecule has 138 valence electrons. The number of quaternary nitrogens is 1. The highest BCUT2D eigenvalue weighted by molar-refractivity contribution is 7.80. The maximum absolute atomic E-state index is 11.9. The zero-order chi connectivity index (χ0) is 18.2. The highest BCUT2D eigenvalue weighted by atomic mass is 32.1. The molecule has 0 unspecified atom stereocenters. The molecule has 1 aliphatic heterocycles. The van der Waals surface area contributed by atoms with Crippen LogP contribution < -0.4 is 15.5 Å². The summed E-state index contributed by atoms with van der Waals surface area (Å²) in [4.78, 5) is 15.3. The summed E-state index contributed by atoms with van der Waals surface area (Å²) in [5.41, 5.74) is 3.56. The fraction of sp³-hybridized carbons (Fsp3) is 0.556. The van der Waals surface area contributed by atoms with Crippen LogP contribution in [0.2, 0.25) is 0 Å². The number of piperazine rings is 1. The zero-order valence-electron chi connectivity index (χ0n) is 15.4. The minimum Gasteiger partial charge on any atom is -0.383 e. The molecular weight excluding hydrogens is 336 g/mol. The smallest absolute Gasteiger partial charge is 0.275 e. The molecular formula is C18H29N4O2S+. The number of nitrogens with zero attached hydrogens (tertiary/aromatic N) is 1. The van der Waals surface area contributed by atoms with Crippen LogP contribution in [-0.4, -0.2) is 68.9 Å². The average molecular weight is 366 g/mol. The predicted octanol–water partition coefficient (Wildman–Crippen LogP) is -0.0367. The summed E-state index contributed by atoms with van der Waals surface area (Å²) in [6.07, 6.45) is 0. The molecule has 0 aromatic heterocycles. The van der Waals surface area contributed by atoms with Crippen LogP contribution in [0.4, 0.5) is 5.69 Å². The van der Waals surface area contributed by atoms with Gasteiger partial charge in [0.25, 0.3) is 5.91 Å². The number of nitrogens with one attached hydrogen (secondary N) is 3. The van der Waals surface area contributed by atoms with E-state index in [9.17, 15) is 4.79 Å². The van der Waals surface area contributed by atoms with Crippen molar-refractivity contribution in [2.24, 2.45) is 0 Å². The van der Waals surface area contributed by atoms with Crippen LogP contribution in [0, 0.1) is 13.8 Å². The van der Waals surface area contributed by atoms with Crippen molar-refractivity contribution in [1.82, 2.24) is 10.2 Å². The van der Waals surface area contributed by atoms with E-state index >= 15 is 0 Å². The lowest BCUT2D eigenvalue weighted by Gasteiger charge is -2.33. The van der Waals surface area contributed by atoms with E-state index in [1.165, 1.54) is 16.0 Å². The van der Waals surface area contributed by atoms with Gasteiger partial charge in [0.05, 0.1) is 32.8 Å². The van der Waals surface area contributed by atoms with Crippen LogP contribution in [0.15, 0.2) is 18.2 Å². The highest BCUT2D eigenvalue weighted by Gasteiger charge is 2.23. The third kappa shape index (κ3) is 6.26. The largest absolute Gasteiger partial charge is 0.383 e. The van der Waals surface area contributed by atoms with Gasteiger partial charge < -0.3 is 25.2 Å². The summed E-state index contributed by atoms with van der Waals surface area (Å²) in [6.45, 7) is 9.36. The van der Waals surface area contributed by atoms with Crippen LogP contribution in [-0.2, 0) is 9.53 Å². The second kappa shape index (κ2) is 9.70. The average Bonchev–Trinajstić information content (AvgIpc) is 2.59. The molecule has 1 aromatic carbocycles. The highest BCUT2D eigenvalue weighted by Crippen LogP contribution is 2.14. The third-order valence-corrected chi connectivity index (χ3v) is 4.92. The Morgan fingerprint density at radius 1 is 1.28 bits per heavy atom. The molecule has 1 heterocycles. The van der Waals surface area contributed by atoms with Crippen molar-refractivity contribution in [1.29, 1.82) is 0 Å². The molecule has 0 aliphatic carbocycles. The number of carbonyl (C=O) groups excluding carboxylic acids is 1. The molecule has 25 heavy (non-hydrogen) atoms. The number of aryl methyl sites for hydroxylation is 2. The van der Waals surface area contributed by atoms with Crippen molar-refractivity contribution < 1.29 is 14.4 Å². The summed E-state index contributed by atoms with van der Waals surface area (Å²) in [5.74, 6) is 0.0799. The number of anilines is 1. The molecule has 1 aromatic rings. The van der Waals surface area contributed by atoms with Gasteiger partial charge in [0.2, 0.25) is 0 Å². The van der Waals surface area contributed by atoms with Crippen molar-refractivity contribution in [2.75, 3.05) is 58.3 Å². The lowest BCUT2D eigenvalue weighted by atomic mass is 10.1. The molecule has 0 saturated carbocycles. The van der Waals surface area contributed by atoms with Crippen molar-refractivity contribution in [3.8, 4) is 0 Å². The minimum absolute atomic E-state index is 0.0799. The van der Waals surface area contributed by atoms with Gasteiger partial charge in [0.15, 0.2) is 11.7 Å². The maximum Gasteiger partial charge on any atom is 0.275 e. The van der Waals surface area contributed by atoms with E-state index < -0.39 is 0 Å². The summed E-state index contributed by atoms with van der Waals surface area (Å²) >= 11 is 5.54. The van der Waals surface area contributed by atoms with E-state index in [4.69, 9.17) is 17.0 Å². The Kier molecular flexibility index (Phi) is 7.61. The molecule has 0 spiro atoms. The number of carbonyl (C=O) groups is 1. The van der Waals surface area contributed by atoms with Crippen LogP contribution in [0.1, 0.15) is 11.1 Å². The van der Waals surface area contributed by atoms with Crippen LogP contribution >= 0.6 is 12.2 Å². The molecule has 0 bridgehead atoms. The maximum atomic E-state index is 11.9. The molecule has 2 rings (SSSR count). The quantitative estimate of drug-likeness (QED) is 0.488. The van der Waals surface area contributed by atoms with Gasteiger partial charge in [-0.15, -0.1) is 0 Å². The second-order valence-corrected chi connectivity index (χ2v) is 6.87. The first kappa shape index (κ1) is 19.6. The third-order valence-electron chi connectivity index (χ3n) is 4.55. The van der Waals surface area contributed by atoms with Gasteiger partial charge in [0.1, 0.15) is 0 Å². The normalized spacial score (nSPS) is 15.1. The molecule has 1 saturated heterocycles. The van der Waals surface area contributed by atoms with Gasteiger partial charge in [-0.3, -0.25) is 4.79 Å². The van der Waals surface area contributed by atoms with Crippen molar-refractivity contribution in [3.05, 3.63) is 29.3 Å². The van der Waals surface area contributed by atoms with Gasteiger partial charge in [0, 0.05) is 19.3 Å². The van der Waals surface area contributed by atoms with Gasteiger partial charge in [-0.2, -0.15) is 0 Å². The molecule has 0 radical (unpaired) electrons. The predicted molar refractivity (Wildman–Crippen MR) is 104 cm³/mol. The van der Waals surface area contributed by atoms with Crippen molar-refractivity contribution >= 4 is 28.9 Å². The van der Waals surface area contributed by atoms with Crippen molar-refractivity contribution in [3.63, 3.8) is 0 Å². The first-order valence-electron chi connectivity index (χ1n) is 8.72. The number of hydrogen-bond donors (Lipinski definition) is 3. The number of rotatable bonds is 6. The van der Waals surface area contributed by atoms with E-state index in [1.807, 2.05) is 0 Å². The molecule has 7 heteroatoms. The lowest BCUT2D eigenvalue weighted by Crippen LogP contribution is -3.15. The number of methoxy groups -OCH3 is 1. The SMILES string of the molecule is COCCNC(=O)C[NH+]1CCN(C(=S)Nc2ccc(C)c(C)c2)CC1. The number of thiocarbonyl (C=S) groups is 1. The van der Waals surface area contributed by atoms with Crippen LogP contribution in [0.3, 0.4) is 0 Å². The molecule has 0 atom stereocenters. The summed E-state index contributed by atoms with van der Waals surface area (Å²) in [6, 6.07) is 6.28. The molecule has 1 amide bonds. The zero-order valence-corrected chi connectivity index (χ0v) is 16.2. The fourth-order valence-corrected chi connectivity index (χ4v) is 3.11. The first-order valence-corrected chi connectivity index (χ1v) is 9.13. The van der Waals surface area contributed by atoms with Crippen LogP contribution in [0.25, 0.3) is 0 Å². The van der Waals surface area contributed by atoms with Crippen LogP contribution in [0.5, 0.6) is 0 Å². The number of hydrogen-bond acceptors (Lipinski definition) is 3. The Hall–Kier alpha value is -1.70. The topological polar surface area (TPSA) is 58.0 Å².